The lowest BCUT2D eigenvalue weighted by atomic mass is 9.99. The molecule has 2 heterocycles. The lowest BCUT2D eigenvalue weighted by Gasteiger charge is -2.19. The van der Waals surface area contributed by atoms with Crippen molar-refractivity contribution >= 4 is 25.7 Å². The van der Waals surface area contributed by atoms with Crippen LogP contribution in [0.4, 0.5) is 5.69 Å². The number of ether oxygens (including phenoxy) is 2. The Morgan fingerprint density at radius 2 is 1.51 bits per heavy atom. The summed E-state index contributed by atoms with van der Waals surface area (Å²) in [5.74, 6) is 1.03. The predicted octanol–water partition coefficient (Wildman–Crippen LogP) is 1.13. The average molecular weight is 710 g/mol. The minimum atomic E-state index is -4.69. The smallest absolute Gasteiger partial charge is 0.242 e. The molecule has 2 aromatic heterocycles. The fraction of sp³-hybridized carbons (Fsp3) is 0.226. The third-order valence-corrected chi connectivity index (χ3v) is 10.5. The van der Waals surface area contributed by atoms with Gasteiger partial charge in [-0.3, -0.25) is 4.98 Å². The monoisotopic (exact) mass is 709 g/mol. The molecule has 0 amide bonds. The van der Waals surface area contributed by atoms with E-state index in [0.29, 0.717) is 22.6 Å². The zero-order valence-corrected chi connectivity index (χ0v) is 28.1. The van der Waals surface area contributed by atoms with Crippen LogP contribution in [0.5, 0.6) is 11.5 Å². The minimum absolute atomic E-state index is 0.151. The number of tetrazole rings is 1. The number of methoxy groups -OCH3 is 2. The van der Waals surface area contributed by atoms with Gasteiger partial charge in [-0.1, -0.05) is 30.3 Å². The summed E-state index contributed by atoms with van der Waals surface area (Å²) in [6.07, 6.45) is 1.61. The Labute approximate surface area is 283 Å². The van der Waals surface area contributed by atoms with Crippen molar-refractivity contribution in [3.05, 3.63) is 90.3 Å². The average Bonchev–Trinajstić information content (AvgIpc) is 3.58. The van der Waals surface area contributed by atoms with E-state index in [-0.39, 0.29) is 42.3 Å². The van der Waals surface area contributed by atoms with Crippen LogP contribution in [-0.2, 0) is 33.1 Å². The number of anilines is 1. The van der Waals surface area contributed by atoms with Crippen LogP contribution in [-0.4, -0.2) is 80.5 Å². The Morgan fingerprint density at radius 3 is 2.12 bits per heavy atom. The summed E-state index contributed by atoms with van der Waals surface area (Å²) in [5.41, 5.74) is 13.7. The van der Waals surface area contributed by atoms with Gasteiger partial charge in [0.25, 0.3) is 0 Å². The van der Waals surface area contributed by atoms with Gasteiger partial charge in [0.1, 0.15) is 21.3 Å². The molecule has 3 aromatic carbocycles. The van der Waals surface area contributed by atoms with Crippen LogP contribution >= 0.6 is 0 Å². The highest BCUT2D eigenvalue weighted by Gasteiger charge is 2.34. The van der Waals surface area contributed by atoms with Crippen LogP contribution in [0.3, 0.4) is 0 Å². The van der Waals surface area contributed by atoms with Gasteiger partial charge >= 0.3 is 0 Å². The van der Waals surface area contributed by atoms with Gasteiger partial charge in [-0.2, -0.15) is 4.80 Å². The summed E-state index contributed by atoms with van der Waals surface area (Å²) in [6.45, 7) is -0.756. The van der Waals surface area contributed by atoms with E-state index in [1.54, 1.807) is 61.7 Å². The molecule has 0 aliphatic rings. The number of pyridine rings is 1. The highest BCUT2D eigenvalue weighted by molar-refractivity contribution is 7.92. The third kappa shape index (κ3) is 8.19. The van der Waals surface area contributed by atoms with Gasteiger partial charge in [0, 0.05) is 31.4 Å². The molecule has 0 bridgehead atoms. The van der Waals surface area contributed by atoms with Crippen molar-refractivity contribution in [3.63, 3.8) is 0 Å². The molecular formula is C31H35N9O7S2. The molecule has 0 aliphatic carbocycles. The zero-order valence-electron chi connectivity index (χ0n) is 26.5. The van der Waals surface area contributed by atoms with E-state index in [2.05, 4.69) is 29.8 Å². The summed E-state index contributed by atoms with van der Waals surface area (Å²) >= 11 is 0. The maximum Gasteiger partial charge on any atom is 0.242 e. The highest BCUT2D eigenvalue weighted by Crippen LogP contribution is 2.41. The number of benzene rings is 3. The van der Waals surface area contributed by atoms with E-state index < -0.39 is 42.5 Å². The summed E-state index contributed by atoms with van der Waals surface area (Å²) in [4.78, 5) is 3.99. The van der Waals surface area contributed by atoms with Crippen LogP contribution in [0, 0.1) is 0 Å². The minimum Gasteiger partial charge on any atom is -0.497 e. The Kier molecular flexibility index (Phi) is 10.9. The molecule has 0 radical (unpaired) electrons. The topological polar surface area (TPSA) is 240 Å². The van der Waals surface area contributed by atoms with E-state index in [9.17, 15) is 21.9 Å². The summed E-state index contributed by atoms with van der Waals surface area (Å²) in [6, 6.07) is 17.9. The second kappa shape index (κ2) is 15.1. The summed E-state index contributed by atoms with van der Waals surface area (Å²) in [5, 5.41) is 22.8. The molecule has 1 unspecified atom stereocenters. The molecular weight excluding hydrogens is 675 g/mol. The summed E-state index contributed by atoms with van der Waals surface area (Å²) in [7, 11) is -6.23. The molecule has 0 saturated heterocycles. The first-order valence-corrected chi connectivity index (χ1v) is 17.7. The Balaban J connectivity index is 1.70. The number of sulfonamides is 2. The van der Waals surface area contributed by atoms with Gasteiger partial charge in [-0.15, -0.1) is 10.2 Å². The zero-order chi connectivity index (χ0) is 35.2. The SMILES string of the molecule is COc1ccc(CNS(=O)(=O)c2c(S(=O)(=O)NCC(O)CN)ccc(-c3ccncc3N)c2-c2nnn(Cc3ccc(OC)cc3)n2)cc1. The molecule has 7 N–H and O–H groups in total. The van der Waals surface area contributed by atoms with Gasteiger partial charge in [0.05, 0.1) is 44.3 Å². The van der Waals surface area contributed by atoms with Crippen LogP contribution in [0.1, 0.15) is 11.1 Å². The molecule has 16 nitrogen and oxygen atoms in total. The molecule has 5 rings (SSSR count). The van der Waals surface area contributed by atoms with E-state index >= 15 is 0 Å². The molecule has 0 fully saturated rings. The number of hydrogen-bond acceptors (Lipinski definition) is 13. The Hall–Kier alpha value is -4.98. The largest absolute Gasteiger partial charge is 0.497 e. The highest BCUT2D eigenvalue weighted by atomic mass is 32.2. The molecule has 0 spiro atoms. The lowest BCUT2D eigenvalue weighted by molar-refractivity contribution is 0.186. The van der Waals surface area contributed by atoms with E-state index in [1.165, 1.54) is 30.4 Å². The number of nitrogen functional groups attached to an aromatic ring is 1. The number of hydrogen-bond donors (Lipinski definition) is 5. The number of rotatable bonds is 15. The lowest BCUT2D eigenvalue weighted by Crippen LogP contribution is -2.37. The predicted molar refractivity (Wildman–Crippen MR) is 180 cm³/mol. The number of nitrogens with zero attached hydrogens (tertiary/aromatic N) is 5. The Bertz CT molecular complexity index is 2130. The molecule has 0 saturated carbocycles. The maximum atomic E-state index is 14.4. The molecule has 18 heteroatoms. The standard InChI is InChI=1S/C31H35N9O7S2/c1-46-23-7-3-20(4-8-23)16-35-49(44,45)30-28(48(42,43)36-17-22(41)15-32)12-11-26(25-13-14-34-18-27(25)33)29(30)31-37-39-40(38-31)19-21-5-9-24(47-2)10-6-21/h3-14,18,22,35-36,41H,15-17,19,32-33H2,1-2H3. The fourth-order valence-corrected chi connectivity index (χ4v) is 7.93. The molecule has 1 atom stereocenters. The van der Waals surface area contributed by atoms with Gasteiger partial charge in [-0.05, 0) is 58.3 Å². The van der Waals surface area contributed by atoms with Crippen molar-refractivity contribution < 1.29 is 31.4 Å². The third-order valence-electron chi connectivity index (χ3n) is 7.39. The number of aliphatic hydroxyl groups excluding tert-OH is 1. The van der Waals surface area contributed by atoms with Crippen molar-refractivity contribution in [2.24, 2.45) is 5.73 Å². The normalized spacial score (nSPS) is 12.5. The molecule has 49 heavy (non-hydrogen) atoms. The van der Waals surface area contributed by atoms with E-state index in [4.69, 9.17) is 20.9 Å². The van der Waals surface area contributed by atoms with E-state index in [0.717, 1.165) is 11.6 Å². The second-order valence-corrected chi connectivity index (χ2v) is 14.1. The van der Waals surface area contributed by atoms with Crippen molar-refractivity contribution in [1.29, 1.82) is 0 Å². The van der Waals surface area contributed by atoms with Crippen LogP contribution in [0.15, 0.2) is 88.9 Å². The first kappa shape index (κ1) is 35.3. The first-order valence-electron chi connectivity index (χ1n) is 14.7. The van der Waals surface area contributed by atoms with Crippen LogP contribution in [0.25, 0.3) is 22.5 Å². The van der Waals surface area contributed by atoms with Crippen molar-refractivity contribution in [2.45, 2.75) is 29.0 Å². The number of nitrogens with one attached hydrogen (secondary N) is 2. The number of aliphatic hydroxyl groups is 1. The van der Waals surface area contributed by atoms with Crippen molar-refractivity contribution in [3.8, 4) is 34.0 Å². The fourth-order valence-electron chi connectivity index (χ4n) is 4.81. The second-order valence-electron chi connectivity index (χ2n) is 10.7. The van der Waals surface area contributed by atoms with Crippen LogP contribution in [0.2, 0.25) is 0 Å². The maximum absolute atomic E-state index is 14.4. The van der Waals surface area contributed by atoms with Gasteiger partial charge in [0.15, 0.2) is 0 Å². The summed E-state index contributed by atoms with van der Waals surface area (Å²) < 4.78 is 71.5. The molecule has 0 aliphatic heterocycles. The van der Waals surface area contributed by atoms with Crippen molar-refractivity contribution in [2.75, 3.05) is 33.0 Å². The Morgan fingerprint density at radius 1 is 0.857 bits per heavy atom. The number of aromatic nitrogens is 5. The van der Waals surface area contributed by atoms with Gasteiger partial charge in [-0.25, -0.2) is 26.3 Å². The van der Waals surface area contributed by atoms with Crippen LogP contribution < -0.4 is 30.4 Å². The number of nitrogens with two attached hydrogens (primary N) is 2. The van der Waals surface area contributed by atoms with Gasteiger partial charge < -0.3 is 26.0 Å². The first-order chi connectivity index (χ1) is 23.5. The van der Waals surface area contributed by atoms with Crippen molar-refractivity contribution in [1.82, 2.24) is 34.6 Å². The quantitative estimate of drug-likeness (QED) is 0.103. The van der Waals surface area contributed by atoms with Gasteiger partial charge in [0.2, 0.25) is 25.9 Å². The molecule has 258 valence electrons. The van der Waals surface area contributed by atoms with E-state index in [1.807, 2.05) is 0 Å². The molecule has 5 aromatic rings.